The summed E-state index contributed by atoms with van der Waals surface area (Å²) in [5, 5.41) is 1.08. The lowest BCUT2D eigenvalue weighted by Crippen LogP contribution is -2.56. The van der Waals surface area contributed by atoms with Crippen LogP contribution >= 0.6 is 0 Å². The Balaban J connectivity index is 1.21. The summed E-state index contributed by atoms with van der Waals surface area (Å²) >= 11 is 0. The van der Waals surface area contributed by atoms with Gasteiger partial charge in [-0.2, -0.15) is 0 Å². The molecule has 0 aliphatic carbocycles. The average molecular weight is 435 g/mol. The van der Waals surface area contributed by atoms with Crippen molar-refractivity contribution in [1.82, 2.24) is 14.8 Å². The van der Waals surface area contributed by atoms with Crippen molar-refractivity contribution in [2.75, 3.05) is 33.0 Å². The number of ether oxygens (including phenoxy) is 2. The first-order valence-electron chi connectivity index (χ1n) is 11.3. The van der Waals surface area contributed by atoms with Gasteiger partial charge in [0.25, 0.3) is 0 Å². The Hall–Kier alpha value is -3.06. The molecule has 1 saturated heterocycles. The fraction of sp³-hybridized carbons (Fsp3) is 0.400. The zero-order chi connectivity index (χ0) is 21.7. The van der Waals surface area contributed by atoms with E-state index in [0.29, 0.717) is 13.3 Å². The molecule has 0 radical (unpaired) electrons. The molecule has 3 aliphatic rings. The number of piperidine rings is 1. The maximum absolute atomic E-state index is 13.8. The van der Waals surface area contributed by atoms with E-state index in [1.54, 1.807) is 6.07 Å². The monoisotopic (exact) mass is 435 g/mol. The predicted molar refractivity (Wildman–Crippen MR) is 118 cm³/mol. The standard InChI is InChI=1S/C25H26FN3O3/c26-18-2-3-19-20-6-10-29(15-30)25(24(20)27-21(19)14-18)7-11-28(12-8-25)9-5-17-1-4-22-23(13-17)32-16-31-22/h1-4,13-15,27H,5-12,16H2. The number of likely N-dealkylation sites (tertiary alicyclic amines) is 1. The summed E-state index contributed by atoms with van der Waals surface area (Å²) in [5.41, 5.74) is 4.08. The number of rotatable bonds is 4. The number of aromatic nitrogens is 1. The Morgan fingerprint density at radius 2 is 1.91 bits per heavy atom. The van der Waals surface area contributed by atoms with E-state index in [-0.39, 0.29) is 11.4 Å². The van der Waals surface area contributed by atoms with Crippen LogP contribution in [0.5, 0.6) is 11.5 Å². The number of hydrogen-bond acceptors (Lipinski definition) is 4. The lowest BCUT2D eigenvalue weighted by molar-refractivity contribution is -0.127. The second kappa shape index (κ2) is 7.52. The Bertz CT molecular complexity index is 1180. The summed E-state index contributed by atoms with van der Waals surface area (Å²) in [6.07, 6.45) is 4.48. The van der Waals surface area contributed by atoms with Crippen LogP contribution in [0.2, 0.25) is 0 Å². The van der Waals surface area contributed by atoms with Crippen LogP contribution in [0.1, 0.15) is 29.7 Å². The number of H-pyrrole nitrogens is 1. The Morgan fingerprint density at radius 1 is 1.06 bits per heavy atom. The van der Waals surface area contributed by atoms with Gasteiger partial charge < -0.3 is 24.3 Å². The molecule has 6 rings (SSSR count). The first-order chi connectivity index (χ1) is 15.7. The molecule has 6 nitrogen and oxygen atoms in total. The van der Waals surface area contributed by atoms with Crippen molar-refractivity contribution in [1.29, 1.82) is 0 Å². The fourth-order valence-electron chi connectivity index (χ4n) is 5.70. The molecule has 4 heterocycles. The van der Waals surface area contributed by atoms with E-state index in [1.165, 1.54) is 17.2 Å². The highest BCUT2D eigenvalue weighted by Gasteiger charge is 2.46. The first kappa shape index (κ1) is 19.6. The summed E-state index contributed by atoms with van der Waals surface area (Å²) in [5.74, 6) is 1.40. The van der Waals surface area contributed by atoms with E-state index in [9.17, 15) is 9.18 Å². The van der Waals surface area contributed by atoms with Crippen molar-refractivity contribution < 1.29 is 18.7 Å². The molecule has 32 heavy (non-hydrogen) atoms. The molecule has 0 atom stereocenters. The lowest BCUT2D eigenvalue weighted by atomic mass is 9.77. The highest BCUT2D eigenvalue weighted by atomic mass is 19.1. The van der Waals surface area contributed by atoms with Crippen LogP contribution in [0, 0.1) is 5.82 Å². The van der Waals surface area contributed by atoms with Gasteiger partial charge in [-0.1, -0.05) is 6.07 Å². The Kier molecular flexibility index (Phi) is 4.61. The number of benzene rings is 2. The lowest BCUT2D eigenvalue weighted by Gasteiger charge is -2.49. The molecule has 1 fully saturated rings. The summed E-state index contributed by atoms with van der Waals surface area (Å²) in [6.45, 7) is 3.79. The van der Waals surface area contributed by atoms with Crippen LogP contribution in [-0.2, 0) is 23.2 Å². The van der Waals surface area contributed by atoms with E-state index in [0.717, 1.165) is 79.8 Å². The number of amides is 1. The molecule has 3 aromatic rings. The van der Waals surface area contributed by atoms with Gasteiger partial charge in [-0.25, -0.2) is 4.39 Å². The van der Waals surface area contributed by atoms with E-state index in [4.69, 9.17) is 9.47 Å². The van der Waals surface area contributed by atoms with Gasteiger partial charge in [0.15, 0.2) is 11.5 Å². The average Bonchev–Trinajstić information content (AvgIpc) is 3.43. The second-order valence-electron chi connectivity index (χ2n) is 9.03. The number of hydrogen-bond donors (Lipinski definition) is 1. The third-order valence-electron chi connectivity index (χ3n) is 7.45. The Labute approximate surface area is 185 Å². The third-order valence-corrected chi connectivity index (χ3v) is 7.45. The highest BCUT2D eigenvalue weighted by Crippen LogP contribution is 2.44. The van der Waals surface area contributed by atoms with Crippen molar-refractivity contribution >= 4 is 17.3 Å². The van der Waals surface area contributed by atoms with E-state index in [2.05, 4.69) is 22.0 Å². The van der Waals surface area contributed by atoms with Gasteiger partial charge in [-0.15, -0.1) is 0 Å². The quantitative estimate of drug-likeness (QED) is 0.637. The number of nitrogens with zero attached hydrogens (tertiary/aromatic N) is 2. The molecule has 0 saturated carbocycles. The summed E-state index contributed by atoms with van der Waals surface area (Å²) < 4.78 is 24.7. The zero-order valence-electron chi connectivity index (χ0n) is 17.9. The normalized spacial score (nSPS) is 19.5. The minimum Gasteiger partial charge on any atom is -0.454 e. The second-order valence-corrected chi connectivity index (χ2v) is 9.03. The van der Waals surface area contributed by atoms with Crippen molar-refractivity contribution in [3.8, 4) is 11.5 Å². The van der Waals surface area contributed by atoms with Crippen LogP contribution < -0.4 is 9.47 Å². The molecule has 2 aromatic carbocycles. The molecule has 7 heteroatoms. The third kappa shape index (κ3) is 3.06. The number of aromatic amines is 1. The molecule has 166 valence electrons. The van der Waals surface area contributed by atoms with E-state index < -0.39 is 0 Å². The predicted octanol–water partition coefficient (Wildman–Crippen LogP) is 3.58. The summed E-state index contributed by atoms with van der Waals surface area (Å²) in [7, 11) is 0. The fourth-order valence-corrected chi connectivity index (χ4v) is 5.70. The molecule has 0 bridgehead atoms. The SMILES string of the molecule is O=CN1CCc2c([nH]c3cc(F)ccc23)C12CCN(CCc1ccc3c(c1)OCO3)CC2. The zero-order valence-corrected chi connectivity index (χ0v) is 17.9. The van der Waals surface area contributed by atoms with Crippen molar-refractivity contribution in [3.63, 3.8) is 0 Å². The number of halogens is 1. The van der Waals surface area contributed by atoms with Crippen molar-refractivity contribution in [2.45, 2.75) is 31.2 Å². The van der Waals surface area contributed by atoms with Gasteiger partial charge in [0.05, 0.1) is 5.54 Å². The maximum Gasteiger partial charge on any atom is 0.231 e. The summed E-state index contributed by atoms with van der Waals surface area (Å²) in [4.78, 5) is 19.9. The molecule has 3 aliphatic heterocycles. The Morgan fingerprint density at radius 3 is 2.75 bits per heavy atom. The van der Waals surface area contributed by atoms with Crippen LogP contribution in [-0.4, -0.2) is 54.2 Å². The van der Waals surface area contributed by atoms with Crippen LogP contribution in [0.4, 0.5) is 4.39 Å². The maximum atomic E-state index is 13.8. The highest BCUT2D eigenvalue weighted by molar-refractivity contribution is 5.85. The number of nitrogens with one attached hydrogen (secondary N) is 1. The molecule has 1 amide bonds. The van der Waals surface area contributed by atoms with E-state index in [1.807, 2.05) is 17.0 Å². The largest absolute Gasteiger partial charge is 0.454 e. The van der Waals surface area contributed by atoms with Crippen LogP contribution in [0.25, 0.3) is 10.9 Å². The van der Waals surface area contributed by atoms with Gasteiger partial charge >= 0.3 is 0 Å². The number of carbonyl (C=O) groups is 1. The van der Waals surface area contributed by atoms with Gasteiger partial charge in [0.1, 0.15) is 5.82 Å². The molecule has 1 spiro atoms. The molecular weight excluding hydrogens is 409 g/mol. The minimum atomic E-state index is -0.333. The van der Waals surface area contributed by atoms with Gasteiger partial charge in [-0.05, 0) is 67.1 Å². The molecular formula is C25H26FN3O3. The van der Waals surface area contributed by atoms with Crippen molar-refractivity contribution in [2.24, 2.45) is 0 Å². The topological polar surface area (TPSA) is 57.8 Å². The van der Waals surface area contributed by atoms with Crippen molar-refractivity contribution in [3.05, 3.63) is 59.0 Å². The summed E-state index contributed by atoms with van der Waals surface area (Å²) in [6, 6.07) is 11.1. The minimum absolute atomic E-state index is 0.240. The van der Waals surface area contributed by atoms with Gasteiger partial charge in [0.2, 0.25) is 13.2 Å². The van der Waals surface area contributed by atoms with Gasteiger partial charge in [0, 0.05) is 42.8 Å². The molecule has 0 unspecified atom stereocenters. The molecule has 1 aromatic heterocycles. The number of fused-ring (bicyclic) bond motifs is 5. The van der Waals surface area contributed by atoms with E-state index >= 15 is 0 Å². The molecule has 1 N–H and O–H groups in total. The smallest absolute Gasteiger partial charge is 0.231 e. The number of carbonyl (C=O) groups excluding carboxylic acids is 1. The first-order valence-corrected chi connectivity index (χ1v) is 11.3. The van der Waals surface area contributed by atoms with Crippen LogP contribution in [0.15, 0.2) is 36.4 Å². The van der Waals surface area contributed by atoms with Gasteiger partial charge in [-0.3, -0.25) is 4.79 Å². The van der Waals surface area contributed by atoms with Crippen LogP contribution in [0.3, 0.4) is 0 Å².